The second-order valence-electron chi connectivity index (χ2n) is 4.37. The van der Waals surface area contributed by atoms with Crippen LogP contribution in [0.25, 0.3) is 5.82 Å². The first kappa shape index (κ1) is 10.9. The summed E-state index contributed by atoms with van der Waals surface area (Å²) in [5, 5.41) is 2.80. The van der Waals surface area contributed by atoms with E-state index >= 15 is 0 Å². The molecule has 0 unspecified atom stereocenters. The van der Waals surface area contributed by atoms with Crippen molar-refractivity contribution in [1.82, 2.24) is 19.5 Å². The maximum Gasteiger partial charge on any atom is 0.228 e. The monoisotopic (exact) mass is 243 g/mol. The molecule has 6 nitrogen and oxygen atoms in total. The van der Waals surface area contributed by atoms with E-state index in [1.54, 1.807) is 12.3 Å². The van der Waals surface area contributed by atoms with E-state index in [-0.39, 0.29) is 11.8 Å². The van der Waals surface area contributed by atoms with Crippen molar-refractivity contribution >= 4 is 11.7 Å². The lowest BCUT2D eigenvalue weighted by Crippen LogP contribution is -2.15. The van der Waals surface area contributed by atoms with Gasteiger partial charge in [-0.1, -0.05) is 0 Å². The summed E-state index contributed by atoms with van der Waals surface area (Å²) in [6.45, 7) is 1.89. The summed E-state index contributed by atoms with van der Waals surface area (Å²) in [5.41, 5.74) is 0. The number of imidazole rings is 1. The molecule has 0 radical (unpaired) electrons. The summed E-state index contributed by atoms with van der Waals surface area (Å²) in [7, 11) is 0. The quantitative estimate of drug-likeness (QED) is 0.882. The number of carbonyl (C=O) groups excluding carboxylic acids is 1. The number of nitrogens with zero attached hydrogens (tertiary/aromatic N) is 4. The van der Waals surface area contributed by atoms with E-state index in [9.17, 15) is 4.79 Å². The zero-order valence-corrected chi connectivity index (χ0v) is 10.00. The van der Waals surface area contributed by atoms with Gasteiger partial charge < -0.3 is 5.32 Å². The van der Waals surface area contributed by atoms with Crippen molar-refractivity contribution in [3.8, 4) is 5.82 Å². The summed E-state index contributed by atoms with van der Waals surface area (Å²) in [5.74, 6) is 2.28. The van der Waals surface area contributed by atoms with Crippen LogP contribution in [0, 0.1) is 12.8 Å². The second-order valence-corrected chi connectivity index (χ2v) is 4.37. The number of rotatable bonds is 3. The fraction of sp³-hybridized carbons (Fsp3) is 0.333. The number of aryl methyl sites for hydroxylation is 1. The standard InChI is InChI=1S/C12H13N5O/c1-8-13-4-5-17(8)11-6-10(14-7-15-11)16-12(18)9-2-3-9/h4-7,9H,2-3H2,1H3,(H,14,15,16,18). The number of aromatic nitrogens is 4. The van der Waals surface area contributed by atoms with Crippen LogP contribution in [0.3, 0.4) is 0 Å². The van der Waals surface area contributed by atoms with E-state index in [0.29, 0.717) is 11.6 Å². The average Bonchev–Trinajstić information content (AvgIpc) is 3.13. The molecule has 0 aromatic carbocycles. The van der Waals surface area contributed by atoms with Gasteiger partial charge in [0.25, 0.3) is 0 Å². The molecule has 0 spiro atoms. The lowest BCUT2D eigenvalue weighted by Gasteiger charge is -2.06. The minimum Gasteiger partial charge on any atom is -0.310 e. The number of amides is 1. The SMILES string of the molecule is Cc1nccn1-c1cc(NC(=O)C2CC2)ncn1. The highest BCUT2D eigenvalue weighted by molar-refractivity contribution is 5.93. The second kappa shape index (κ2) is 4.21. The Morgan fingerprint density at radius 3 is 2.89 bits per heavy atom. The summed E-state index contributed by atoms with van der Waals surface area (Å²) >= 11 is 0. The number of anilines is 1. The van der Waals surface area contributed by atoms with Crippen molar-refractivity contribution in [3.05, 3.63) is 30.6 Å². The first-order valence-electron chi connectivity index (χ1n) is 5.87. The molecule has 1 saturated carbocycles. The van der Waals surface area contributed by atoms with E-state index < -0.39 is 0 Å². The minimum absolute atomic E-state index is 0.0435. The van der Waals surface area contributed by atoms with Crippen molar-refractivity contribution in [2.45, 2.75) is 19.8 Å². The van der Waals surface area contributed by atoms with Crippen molar-refractivity contribution < 1.29 is 4.79 Å². The molecule has 0 bridgehead atoms. The summed E-state index contributed by atoms with van der Waals surface area (Å²) < 4.78 is 1.84. The Morgan fingerprint density at radius 2 is 2.22 bits per heavy atom. The van der Waals surface area contributed by atoms with Crippen LogP contribution in [0.15, 0.2) is 24.8 Å². The molecule has 0 saturated heterocycles. The number of hydrogen-bond acceptors (Lipinski definition) is 4. The van der Waals surface area contributed by atoms with Crippen LogP contribution >= 0.6 is 0 Å². The molecule has 1 N–H and O–H groups in total. The fourth-order valence-corrected chi connectivity index (χ4v) is 1.74. The summed E-state index contributed by atoms with van der Waals surface area (Å²) in [6, 6.07) is 1.74. The van der Waals surface area contributed by atoms with E-state index in [1.807, 2.05) is 17.7 Å². The Morgan fingerprint density at radius 1 is 1.39 bits per heavy atom. The molecular formula is C12H13N5O. The topological polar surface area (TPSA) is 72.7 Å². The van der Waals surface area contributed by atoms with Crippen molar-refractivity contribution in [2.75, 3.05) is 5.32 Å². The summed E-state index contributed by atoms with van der Waals surface area (Å²) in [6.07, 6.45) is 6.93. The molecule has 0 atom stereocenters. The molecule has 1 aliphatic rings. The highest BCUT2D eigenvalue weighted by Crippen LogP contribution is 2.29. The van der Waals surface area contributed by atoms with E-state index in [1.165, 1.54) is 6.33 Å². The predicted octanol–water partition coefficient (Wildman–Crippen LogP) is 1.32. The third kappa shape index (κ3) is 2.09. The maximum atomic E-state index is 11.6. The molecule has 1 fully saturated rings. The molecule has 3 rings (SSSR count). The first-order chi connectivity index (χ1) is 8.74. The molecule has 2 aromatic rings. The largest absolute Gasteiger partial charge is 0.310 e. The third-order valence-corrected chi connectivity index (χ3v) is 2.92. The summed E-state index contributed by atoms with van der Waals surface area (Å²) in [4.78, 5) is 24.0. The lowest BCUT2D eigenvalue weighted by molar-refractivity contribution is -0.117. The van der Waals surface area contributed by atoms with Crippen LogP contribution < -0.4 is 5.32 Å². The number of nitrogens with one attached hydrogen (secondary N) is 1. The lowest BCUT2D eigenvalue weighted by atomic mass is 10.4. The number of carbonyl (C=O) groups is 1. The smallest absolute Gasteiger partial charge is 0.228 e. The molecule has 0 aliphatic heterocycles. The van der Waals surface area contributed by atoms with E-state index in [4.69, 9.17) is 0 Å². The third-order valence-electron chi connectivity index (χ3n) is 2.92. The van der Waals surface area contributed by atoms with Gasteiger partial charge >= 0.3 is 0 Å². The Labute approximate surface area is 104 Å². The van der Waals surface area contributed by atoms with Gasteiger partial charge in [-0.15, -0.1) is 0 Å². The molecule has 6 heteroatoms. The first-order valence-corrected chi connectivity index (χ1v) is 5.87. The van der Waals surface area contributed by atoms with Crippen molar-refractivity contribution in [2.24, 2.45) is 5.92 Å². The molecule has 1 aliphatic carbocycles. The Hall–Kier alpha value is -2.24. The van der Waals surface area contributed by atoms with Crippen LogP contribution in [0.1, 0.15) is 18.7 Å². The number of hydrogen-bond donors (Lipinski definition) is 1. The Kier molecular flexibility index (Phi) is 2.55. The van der Waals surface area contributed by atoms with Gasteiger partial charge in [0, 0.05) is 24.4 Å². The van der Waals surface area contributed by atoms with Crippen LogP contribution in [0.5, 0.6) is 0 Å². The van der Waals surface area contributed by atoms with E-state index in [0.717, 1.165) is 18.7 Å². The zero-order valence-electron chi connectivity index (χ0n) is 10.00. The van der Waals surface area contributed by atoms with Gasteiger partial charge in [-0.3, -0.25) is 9.36 Å². The molecule has 1 amide bonds. The average molecular weight is 243 g/mol. The molecule has 2 heterocycles. The van der Waals surface area contributed by atoms with Gasteiger partial charge in [-0.25, -0.2) is 15.0 Å². The highest BCUT2D eigenvalue weighted by atomic mass is 16.2. The van der Waals surface area contributed by atoms with Crippen molar-refractivity contribution in [3.63, 3.8) is 0 Å². The van der Waals surface area contributed by atoms with Crippen LogP contribution in [-0.2, 0) is 4.79 Å². The van der Waals surface area contributed by atoms with Gasteiger partial charge in [0.1, 0.15) is 23.8 Å². The van der Waals surface area contributed by atoms with Gasteiger partial charge in [0.2, 0.25) is 5.91 Å². The maximum absolute atomic E-state index is 11.6. The van der Waals surface area contributed by atoms with Crippen molar-refractivity contribution in [1.29, 1.82) is 0 Å². The normalized spacial score (nSPS) is 14.5. The van der Waals surface area contributed by atoms with Crippen LogP contribution in [-0.4, -0.2) is 25.4 Å². The van der Waals surface area contributed by atoms with Crippen LogP contribution in [0.4, 0.5) is 5.82 Å². The van der Waals surface area contributed by atoms with Gasteiger partial charge in [-0.2, -0.15) is 0 Å². The molecule has 92 valence electrons. The van der Waals surface area contributed by atoms with E-state index in [2.05, 4.69) is 20.3 Å². The minimum atomic E-state index is 0.0435. The molecule has 2 aromatic heterocycles. The van der Waals surface area contributed by atoms with Gasteiger partial charge in [0.15, 0.2) is 0 Å². The highest BCUT2D eigenvalue weighted by Gasteiger charge is 2.29. The molecule has 18 heavy (non-hydrogen) atoms. The van der Waals surface area contributed by atoms with Gasteiger partial charge in [-0.05, 0) is 19.8 Å². The fourth-order valence-electron chi connectivity index (χ4n) is 1.74. The Bertz CT molecular complexity index is 588. The van der Waals surface area contributed by atoms with Gasteiger partial charge in [0.05, 0.1) is 0 Å². The predicted molar refractivity (Wildman–Crippen MR) is 65.2 cm³/mol. The zero-order chi connectivity index (χ0) is 12.5. The molecular weight excluding hydrogens is 230 g/mol. The Balaban J connectivity index is 1.84. The van der Waals surface area contributed by atoms with Crippen LogP contribution in [0.2, 0.25) is 0 Å².